The van der Waals surface area contributed by atoms with Crippen LogP contribution in [-0.4, -0.2) is 62.8 Å². The Morgan fingerprint density at radius 1 is 1.26 bits per heavy atom. The molecule has 6 rings (SSSR count). The number of likely N-dealkylation sites (tertiary alicyclic amines) is 1. The first-order valence-corrected chi connectivity index (χ1v) is 14.3. The maximum Gasteiger partial charge on any atom is 0.401 e. The molecular formula is C31H34F3N5O3. The van der Waals surface area contributed by atoms with Crippen LogP contribution in [0.25, 0.3) is 0 Å². The third kappa shape index (κ3) is 4.82. The lowest BCUT2D eigenvalue weighted by molar-refractivity contribution is -0.194. The Labute approximate surface area is 242 Å². The van der Waals surface area contributed by atoms with E-state index < -0.39 is 42.4 Å². The number of amides is 2. The van der Waals surface area contributed by atoms with Crippen molar-refractivity contribution < 1.29 is 27.9 Å². The molecule has 2 aromatic rings. The van der Waals surface area contributed by atoms with Crippen LogP contribution >= 0.6 is 0 Å². The minimum Gasteiger partial charge on any atom is -0.376 e. The molecule has 2 aliphatic heterocycles. The van der Waals surface area contributed by atoms with Crippen molar-refractivity contribution in [2.75, 3.05) is 11.9 Å². The molecule has 222 valence electrons. The van der Waals surface area contributed by atoms with Gasteiger partial charge in [0.1, 0.15) is 12.0 Å². The number of aliphatic hydroxyl groups is 1. The van der Waals surface area contributed by atoms with Crippen LogP contribution in [0.5, 0.6) is 0 Å². The number of carbonyl (C=O) groups is 2. The normalized spacial score (nSPS) is 32.4. The van der Waals surface area contributed by atoms with Gasteiger partial charge >= 0.3 is 6.18 Å². The summed E-state index contributed by atoms with van der Waals surface area (Å²) in [4.78, 5) is 36.4. The molecule has 2 amide bonds. The number of rotatable bonds is 4. The van der Waals surface area contributed by atoms with E-state index in [1.807, 2.05) is 38.1 Å². The Bertz CT molecular complexity index is 1490. The number of aromatic nitrogens is 2. The quantitative estimate of drug-likeness (QED) is 0.506. The SMILES string of the molecule is CC1=CC=CC(C)C1C1CC(NC(=O)c2cnc3c(c2)CC2(C3)C(=O)Nc3ncccc32)C(O)N(CC(F)(F)F)C1C. The topological polar surface area (TPSA) is 107 Å². The highest BCUT2D eigenvalue weighted by molar-refractivity contribution is 6.06. The van der Waals surface area contributed by atoms with E-state index in [0.717, 1.165) is 21.6 Å². The van der Waals surface area contributed by atoms with Gasteiger partial charge in [-0.15, -0.1) is 0 Å². The molecular weight excluding hydrogens is 547 g/mol. The number of nitrogens with one attached hydrogen (secondary N) is 2. The molecule has 0 aromatic carbocycles. The van der Waals surface area contributed by atoms with Crippen molar-refractivity contribution in [3.63, 3.8) is 0 Å². The summed E-state index contributed by atoms with van der Waals surface area (Å²) in [7, 11) is 0. The number of anilines is 1. The maximum absolute atomic E-state index is 13.6. The lowest BCUT2D eigenvalue weighted by Gasteiger charge is -2.50. The van der Waals surface area contributed by atoms with Gasteiger partial charge in [-0.2, -0.15) is 13.2 Å². The monoisotopic (exact) mass is 581 g/mol. The Morgan fingerprint density at radius 2 is 2.05 bits per heavy atom. The molecule has 2 aliphatic carbocycles. The number of piperidine rings is 1. The number of carbonyl (C=O) groups excluding carboxylic acids is 2. The fraction of sp³-hybridized carbons (Fsp3) is 0.484. The number of pyridine rings is 2. The highest BCUT2D eigenvalue weighted by atomic mass is 19.4. The van der Waals surface area contributed by atoms with Crippen LogP contribution in [-0.2, 0) is 23.1 Å². The molecule has 4 heterocycles. The predicted molar refractivity (Wildman–Crippen MR) is 149 cm³/mol. The lowest BCUT2D eigenvalue weighted by Crippen LogP contribution is -2.64. The van der Waals surface area contributed by atoms with Gasteiger partial charge in [0.15, 0.2) is 0 Å². The number of allylic oxidation sites excluding steroid dienone is 4. The average molecular weight is 582 g/mol. The maximum atomic E-state index is 13.6. The Hall–Kier alpha value is -3.57. The first-order valence-electron chi connectivity index (χ1n) is 14.3. The fourth-order valence-electron chi connectivity index (χ4n) is 7.60. The minimum atomic E-state index is -4.52. The van der Waals surface area contributed by atoms with Crippen LogP contribution in [0.1, 0.15) is 54.4 Å². The summed E-state index contributed by atoms with van der Waals surface area (Å²) >= 11 is 0. The van der Waals surface area contributed by atoms with Gasteiger partial charge < -0.3 is 15.7 Å². The van der Waals surface area contributed by atoms with E-state index in [4.69, 9.17) is 0 Å². The Balaban J connectivity index is 1.25. The van der Waals surface area contributed by atoms with E-state index in [9.17, 15) is 27.9 Å². The van der Waals surface area contributed by atoms with Crippen LogP contribution in [0.4, 0.5) is 19.0 Å². The molecule has 4 aliphatic rings. The van der Waals surface area contributed by atoms with Crippen molar-refractivity contribution in [1.82, 2.24) is 20.2 Å². The Kier molecular flexibility index (Phi) is 7.00. The van der Waals surface area contributed by atoms with Crippen molar-refractivity contribution in [2.24, 2.45) is 17.8 Å². The number of hydrogen-bond acceptors (Lipinski definition) is 6. The molecule has 1 saturated heterocycles. The number of fused-ring (bicyclic) bond motifs is 3. The van der Waals surface area contributed by atoms with Gasteiger partial charge in [-0.25, -0.2) is 4.98 Å². The molecule has 7 unspecified atom stereocenters. The second-order valence-corrected chi connectivity index (χ2v) is 12.2. The third-order valence-electron chi connectivity index (χ3n) is 9.65. The first kappa shape index (κ1) is 28.5. The highest BCUT2D eigenvalue weighted by Crippen LogP contribution is 2.46. The highest BCUT2D eigenvalue weighted by Gasteiger charge is 2.52. The third-order valence-corrected chi connectivity index (χ3v) is 9.65. The van der Waals surface area contributed by atoms with E-state index in [2.05, 4.69) is 20.6 Å². The summed E-state index contributed by atoms with van der Waals surface area (Å²) in [5.41, 5.74) is 2.72. The zero-order valence-electron chi connectivity index (χ0n) is 23.7. The number of halogens is 3. The zero-order chi connectivity index (χ0) is 30.0. The van der Waals surface area contributed by atoms with E-state index >= 15 is 0 Å². The summed E-state index contributed by atoms with van der Waals surface area (Å²) in [6, 6.07) is 3.85. The van der Waals surface area contributed by atoms with Crippen LogP contribution in [0, 0.1) is 17.8 Å². The van der Waals surface area contributed by atoms with Crippen LogP contribution < -0.4 is 10.6 Å². The molecule has 1 fully saturated rings. The second-order valence-electron chi connectivity index (χ2n) is 12.2. The summed E-state index contributed by atoms with van der Waals surface area (Å²) in [5, 5.41) is 16.8. The Morgan fingerprint density at radius 3 is 2.79 bits per heavy atom. The van der Waals surface area contributed by atoms with Gasteiger partial charge in [0.25, 0.3) is 5.91 Å². The average Bonchev–Trinajstić information content (AvgIpc) is 3.45. The molecule has 3 N–H and O–H groups in total. The van der Waals surface area contributed by atoms with E-state index in [1.54, 1.807) is 25.3 Å². The van der Waals surface area contributed by atoms with Crippen LogP contribution in [0.2, 0.25) is 0 Å². The molecule has 0 bridgehead atoms. The zero-order valence-corrected chi connectivity index (χ0v) is 23.7. The summed E-state index contributed by atoms with van der Waals surface area (Å²) in [6.45, 7) is 4.47. The van der Waals surface area contributed by atoms with Gasteiger partial charge in [-0.1, -0.05) is 36.8 Å². The van der Waals surface area contributed by atoms with Crippen molar-refractivity contribution in [3.8, 4) is 0 Å². The van der Waals surface area contributed by atoms with Gasteiger partial charge in [-0.3, -0.25) is 19.5 Å². The molecule has 0 radical (unpaired) electrons. The van der Waals surface area contributed by atoms with E-state index in [1.165, 1.54) is 6.20 Å². The van der Waals surface area contributed by atoms with Crippen molar-refractivity contribution in [3.05, 3.63) is 76.8 Å². The largest absolute Gasteiger partial charge is 0.401 e. The summed E-state index contributed by atoms with van der Waals surface area (Å²) < 4.78 is 40.9. The van der Waals surface area contributed by atoms with Crippen LogP contribution in [0.3, 0.4) is 0 Å². The summed E-state index contributed by atoms with van der Waals surface area (Å²) in [6.07, 6.45) is 4.04. The summed E-state index contributed by atoms with van der Waals surface area (Å²) in [5.74, 6) is -0.322. The van der Waals surface area contributed by atoms with Gasteiger partial charge in [0.05, 0.1) is 23.6 Å². The van der Waals surface area contributed by atoms with Gasteiger partial charge in [0, 0.05) is 36.1 Å². The van der Waals surface area contributed by atoms with Crippen LogP contribution in [0.15, 0.2) is 54.4 Å². The van der Waals surface area contributed by atoms with Crippen molar-refractivity contribution in [2.45, 2.75) is 69.9 Å². The first-order chi connectivity index (χ1) is 19.9. The minimum absolute atomic E-state index is 0.0274. The second kappa shape index (κ2) is 10.3. The molecule has 11 heteroatoms. The molecule has 2 aromatic heterocycles. The number of hydrogen-bond donors (Lipinski definition) is 3. The van der Waals surface area contributed by atoms with Gasteiger partial charge in [0.2, 0.25) is 5.91 Å². The molecule has 42 heavy (non-hydrogen) atoms. The standard InChI is InChI=1S/C31H34F3N5O3/c1-16-6-4-7-17(2)25(16)21-11-23(28(41)39(18(21)3)15-31(32,33)34)37-27(40)20-10-19-12-30(13-24(19)36-14-20)22-8-5-9-35-26(22)38-29(30)42/h4-10,14,16,18,21,23,25,28,41H,11-13,15H2,1-3H3,(H,37,40)(H,35,38,42). The fourth-order valence-corrected chi connectivity index (χ4v) is 7.60. The molecule has 8 nitrogen and oxygen atoms in total. The smallest absolute Gasteiger partial charge is 0.376 e. The van der Waals surface area contributed by atoms with Gasteiger partial charge in [-0.05, 0) is 62.1 Å². The predicted octanol–water partition coefficient (Wildman–Crippen LogP) is 3.92. The lowest BCUT2D eigenvalue weighted by atomic mass is 9.68. The van der Waals surface area contributed by atoms with E-state index in [0.29, 0.717) is 30.8 Å². The molecule has 7 atom stereocenters. The van der Waals surface area contributed by atoms with Crippen molar-refractivity contribution in [1.29, 1.82) is 0 Å². The van der Waals surface area contributed by atoms with Crippen molar-refractivity contribution >= 4 is 17.6 Å². The number of alkyl halides is 3. The molecule has 1 spiro atoms. The van der Waals surface area contributed by atoms with E-state index in [-0.39, 0.29) is 29.2 Å². The molecule has 0 saturated carbocycles. The number of nitrogens with zero attached hydrogens (tertiary/aromatic N) is 3. The number of aliphatic hydroxyl groups excluding tert-OH is 1.